The highest BCUT2D eigenvalue weighted by Gasteiger charge is 2.38. The molecule has 2 aromatic carbocycles. The number of nitrogens with zero attached hydrogens (tertiary/aromatic N) is 1. The summed E-state index contributed by atoms with van der Waals surface area (Å²) in [7, 11) is -4.06. The summed E-state index contributed by atoms with van der Waals surface area (Å²) >= 11 is 12.1. The van der Waals surface area contributed by atoms with Crippen LogP contribution < -0.4 is 14.4 Å². The molecule has 1 unspecified atom stereocenters. The van der Waals surface area contributed by atoms with E-state index in [2.05, 4.69) is 5.32 Å². The molecule has 0 spiro atoms. The smallest absolute Gasteiger partial charge is 0.266 e. The summed E-state index contributed by atoms with van der Waals surface area (Å²) in [5.41, 5.74) is 0.341. The van der Waals surface area contributed by atoms with Gasteiger partial charge in [0.1, 0.15) is 10.6 Å². The molecule has 3 rings (SSSR count). The van der Waals surface area contributed by atoms with Crippen molar-refractivity contribution in [3.63, 3.8) is 0 Å². The van der Waals surface area contributed by atoms with Crippen LogP contribution in [0.25, 0.3) is 0 Å². The molecule has 1 amide bonds. The maximum Gasteiger partial charge on any atom is 0.266 e. The Kier molecular flexibility index (Phi) is 5.83. The number of sulfonamides is 1. The number of halogens is 2. The van der Waals surface area contributed by atoms with E-state index in [9.17, 15) is 13.2 Å². The predicted molar refractivity (Wildman–Crippen MR) is 105 cm³/mol. The molecule has 1 aliphatic heterocycles. The van der Waals surface area contributed by atoms with Crippen molar-refractivity contribution < 1.29 is 17.9 Å². The van der Waals surface area contributed by atoms with Gasteiger partial charge in [-0.2, -0.15) is 0 Å². The van der Waals surface area contributed by atoms with Crippen LogP contribution in [0, 0.1) is 0 Å². The maximum atomic E-state index is 13.3. The van der Waals surface area contributed by atoms with E-state index >= 15 is 0 Å². The second kappa shape index (κ2) is 7.96. The van der Waals surface area contributed by atoms with E-state index in [1.807, 2.05) is 6.92 Å². The number of ether oxygens (including phenoxy) is 1. The molecule has 0 saturated heterocycles. The highest BCUT2D eigenvalue weighted by atomic mass is 35.5. The number of carbonyl (C=O) groups excluding carboxylic acids is 1. The standard InChI is InChI=1S/C18H18Cl2N2O4S/c1-2-9-21-18(23)16-11-22(14-5-3-4-6-15(14)26-16)27(24,25)17-10-12(19)7-8-13(17)20/h3-8,10,16H,2,9,11H2,1H3,(H,21,23). The second-order valence-corrected chi connectivity index (χ2v) is 8.65. The monoisotopic (exact) mass is 428 g/mol. The van der Waals surface area contributed by atoms with E-state index in [0.29, 0.717) is 18.0 Å². The summed E-state index contributed by atoms with van der Waals surface area (Å²) < 4.78 is 33.5. The highest BCUT2D eigenvalue weighted by molar-refractivity contribution is 7.93. The summed E-state index contributed by atoms with van der Waals surface area (Å²) in [4.78, 5) is 12.3. The molecule has 2 aromatic rings. The number of hydrogen-bond donors (Lipinski definition) is 1. The first-order chi connectivity index (χ1) is 12.8. The Balaban J connectivity index is 2.04. The first kappa shape index (κ1) is 19.8. The van der Waals surface area contributed by atoms with Gasteiger partial charge in [-0.15, -0.1) is 0 Å². The number of benzene rings is 2. The third-order valence-corrected chi connectivity index (χ3v) is 6.53. The van der Waals surface area contributed by atoms with Crippen molar-refractivity contribution in [1.29, 1.82) is 0 Å². The van der Waals surface area contributed by atoms with Gasteiger partial charge in [-0.3, -0.25) is 9.10 Å². The van der Waals surface area contributed by atoms with Crippen LogP contribution in [0.3, 0.4) is 0 Å². The number of fused-ring (bicyclic) bond motifs is 1. The third kappa shape index (κ3) is 4.00. The van der Waals surface area contributed by atoms with Crippen LogP contribution in [-0.2, 0) is 14.8 Å². The van der Waals surface area contributed by atoms with Crippen LogP contribution in [-0.4, -0.2) is 33.5 Å². The normalized spacial score (nSPS) is 16.4. The lowest BCUT2D eigenvalue weighted by Gasteiger charge is -2.34. The largest absolute Gasteiger partial charge is 0.476 e. The molecule has 0 radical (unpaired) electrons. The lowest BCUT2D eigenvalue weighted by atomic mass is 10.2. The van der Waals surface area contributed by atoms with Crippen molar-refractivity contribution in [1.82, 2.24) is 5.32 Å². The Bertz CT molecular complexity index is 966. The lowest BCUT2D eigenvalue weighted by molar-refractivity contribution is -0.127. The molecule has 0 saturated carbocycles. The van der Waals surface area contributed by atoms with Gasteiger partial charge >= 0.3 is 0 Å². The summed E-state index contributed by atoms with van der Waals surface area (Å²) in [5, 5.41) is 3.03. The van der Waals surface area contributed by atoms with Crippen LogP contribution in [0.2, 0.25) is 10.0 Å². The Hall–Kier alpha value is -1.96. The maximum absolute atomic E-state index is 13.3. The Labute approximate surface area is 168 Å². The van der Waals surface area contributed by atoms with Gasteiger partial charge < -0.3 is 10.1 Å². The summed E-state index contributed by atoms with van der Waals surface area (Å²) in [6.07, 6.45) is -0.214. The molecule has 0 fully saturated rings. The fourth-order valence-corrected chi connectivity index (χ4v) is 4.94. The number of amides is 1. The highest BCUT2D eigenvalue weighted by Crippen LogP contribution is 2.38. The Morgan fingerprint density at radius 2 is 2.00 bits per heavy atom. The molecule has 9 heteroatoms. The van der Waals surface area contributed by atoms with Gasteiger partial charge in [0.2, 0.25) is 0 Å². The number of nitrogens with one attached hydrogen (secondary N) is 1. The fraction of sp³-hybridized carbons (Fsp3) is 0.278. The molecule has 1 atom stereocenters. The van der Waals surface area contributed by atoms with Gasteiger partial charge in [0.05, 0.1) is 17.3 Å². The van der Waals surface area contributed by atoms with Crippen molar-refractivity contribution in [2.75, 3.05) is 17.4 Å². The minimum absolute atomic E-state index is 0.0513. The molecule has 144 valence electrons. The van der Waals surface area contributed by atoms with Crippen molar-refractivity contribution in [2.45, 2.75) is 24.3 Å². The van der Waals surface area contributed by atoms with E-state index in [-0.39, 0.29) is 27.4 Å². The van der Waals surface area contributed by atoms with E-state index in [1.54, 1.807) is 24.3 Å². The average Bonchev–Trinajstić information content (AvgIpc) is 2.66. The lowest BCUT2D eigenvalue weighted by Crippen LogP contribution is -2.50. The SMILES string of the molecule is CCCNC(=O)C1CN(S(=O)(=O)c2cc(Cl)ccc2Cl)c2ccccc2O1. The van der Waals surface area contributed by atoms with Crippen LogP contribution in [0.15, 0.2) is 47.4 Å². The summed E-state index contributed by atoms with van der Waals surface area (Å²) in [6.45, 7) is 2.24. The fourth-order valence-electron chi connectivity index (χ4n) is 2.72. The molecule has 0 aromatic heterocycles. The zero-order valence-corrected chi connectivity index (χ0v) is 16.8. The van der Waals surface area contributed by atoms with Crippen molar-refractivity contribution in [3.8, 4) is 5.75 Å². The topological polar surface area (TPSA) is 75.7 Å². The first-order valence-corrected chi connectivity index (χ1v) is 10.6. The van der Waals surface area contributed by atoms with E-state index in [0.717, 1.165) is 10.7 Å². The van der Waals surface area contributed by atoms with Gasteiger partial charge in [0.15, 0.2) is 6.10 Å². The molecule has 1 N–H and O–H groups in total. The molecule has 0 aliphatic carbocycles. The van der Waals surface area contributed by atoms with E-state index < -0.39 is 16.1 Å². The minimum Gasteiger partial charge on any atom is -0.476 e. The Morgan fingerprint density at radius 1 is 1.26 bits per heavy atom. The third-order valence-electron chi connectivity index (χ3n) is 4.04. The average molecular weight is 429 g/mol. The van der Waals surface area contributed by atoms with Crippen LogP contribution >= 0.6 is 23.2 Å². The van der Waals surface area contributed by atoms with E-state index in [1.165, 1.54) is 18.2 Å². The molecule has 27 heavy (non-hydrogen) atoms. The van der Waals surface area contributed by atoms with Crippen LogP contribution in [0.4, 0.5) is 5.69 Å². The summed E-state index contributed by atoms with van der Waals surface area (Å²) in [5.74, 6) is -0.0640. The van der Waals surface area contributed by atoms with Crippen molar-refractivity contribution in [2.24, 2.45) is 0 Å². The van der Waals surface area contributed by atoms with Gasteiger partial charge in [-0.05, 0) is 36.8 Å². The molecule has 1 aliphatic rings. The van der Waals surface area contributed by atoms with E-state index in [4.69, 9.17) is 27.9 Å². The number of hydrogen-bond acceptors (Lipinski definition) is 4. The van der Waals surface area contributed by atoms with Gasteiger partial charge in [0, 0.05) is 11.6 Å². The van der Waals surface area contributed by atoms with Crippen LogP contribution in [0.5, 0.6) is 5.75 Å². The number of anilines is 1. The molecular formula is C18H18Cl2N2O4S. The molecule has 6 nitrogen and oxygen atoms in total. The van der Waals surface area contributed by atoms with Gasteiger partial charge in [-0.1, -0.05) is 42.3 Å². The zero-order valence-electron chi connectivity index (χ0n) is 14.5. The Morgan fingerprint density at radius 3 is 2.74 bits per heavy atom. The second-order valence-electron chi connectivity index (χ2n) is 5.98. The number of para-hydroxylation sites is 2. The molecular weight excluding hydrogens is 411 g/mol. The summed E-state index contributed by atoms with van der Waals surface area (Å²) in [6, 6.07) is 10.9. The minimum atomic E-state index is -4.06. The zero-order chi connectivity index (χ0) is 19.6. The molecule has 1 heterocycles. The quantitative estimate of drug-likeness (QED) is 0.790. The van der Waals surface area contributed by atoms with Crippen molar-refractivity contribution >= 4 is 44.8 Å². The number of carbonyl (C=O) groups is 1. The first-order valence-electron chi connectivity index (χ1n) is 8.35. The number of rotatable bonds is 5. The molecule has 0 bridgehead atoms. The predicted octanol–water partition coefficient (Wildman–Crippen LogP) is 3.48. The van der Waals surface area contributed by atoms with Gasteiger partial charge in [-0.25, -0.2) is 8.42 Å². The van der Waals surface area contributed by atoms with Crippen molar-refractivity contribution in [3.05, 3.63) is 52.5 Å². The van der Waals surface area contributed by atoms with Crippen LogP contribution in [0.1, 0.15) is 13.3 Å². The van der Waals surface area contributed by atoms with Gasteiger partial charge in [0.25, 0.3) is 15.9 Å².